The van der Waals surface area contributed by atoms with Gasteiger partial charge in [0.05, 0.1) is 5.56 Å². The van der Waals surface area contributed by atoms with Crippen molar-refractivity contribution in [3.05, 3.63) is 47.7 Å². The highest BCUT2D eigenvalue weighted by atomic mass is 32.2. The Morgan fingerprint density at radius 2 is 1.71 bits per heavy atom. The molecule has 0 aliphatic carbocycles. The van der Waals surface area contributed by atoms with Crippen molar-refractivity contribution in [2.24, 2.45) is 0 Å². The summed E-state index contributed by atoms with van der Waals surface area (Å²) in [6, 6.07) is 9.79. The van der Waals surface area contributed by atoms with Crippen LogP contribution in [-0.2, 0) is 0 Å². The van der Waals surface area contributed by atoms with E-state index < -0.39 is 5.97 Å². The zero-order valence-corrected chi connectivity index (χ0v) is 12.3. The van der Waals surface area contributed by atoms with Gasteiger partial charge in [0.25, 0.3) is 5.91 Å². The Morgan fingerprint density at radius 1 is 1.05 bits per heavy atom. The van der Waals surface area contributed by atoms with Gasteiger partial charge in [0.2, 0.25) is 0 Å². The second kappa shape index (κ2) is 6.36. The van der Waals surface area contributed by atoms with Crippen LogP contribution in [0.3, 0.4) is 0 Å². The molecule has 1 heterocycles. The van der Waals surface area contributed by atoms with Crippen molar-refractivity contribution in [3.63, 3.8) is 0 Å². The minimum absolute atomic E-state index is 0.204. The number of benzene rings is 1. The van der Waals surface area contributed by atoms with E-state index in [1.54, 1.807) is 38.4 Å². The van der Waals surface area contributed by atoms with E-state index >= 15 is 0 Å². The molecule has 1 N–H and O–H groups in total. The monoisotopic (exact) mass is 303 g/mol. The number of carboxylic acids is 1. The quantitative estimate of drug-likeness (QED) is 0.930. The van der Waals surface area contributed by atoms with Gasteiger partial charge in [-0.1, -0.05) is 11.8 Å². The van der Waals surface area contributed by atoms with Crippen LogP contribution >= 0.6 is 11.8 Å². The zero-order valence-electron chi connectivity index (χ0n) is 11.5. The van der Waals surface area contributed by atoms with Gasteiger partial charge in [-0.25, -0.2) is 4.79 Å². The molecule has 0 aliphatic heterocycles. The number of aromatic carboxylic acids is 1. The maximum absolute atomic E-state index is 11.7. The van der Waals surface area contributed by atoms with E-state index in [1.807, 2.05) is 0 Å². The second-order valence-electron chi connectivity index (χ2n) is 4.39. The minimum atomic E-state index is -0.960. The molecule has 0 bridgehead atoms. The summed E-state index contributed by atoms with van der Waals surface area (Å²) in [5.41, 5.74) is 0.517. The minimum Gasteiger partial charge on any atom is -0.478 e. The van der Waals surface area contributed by atoms with Crippen molar-refractivity contribution in [1.29, 1.82) is 0 Å². The van der Waals surface area contributed by atoms with Crippen LogP contribution < -0.4 is 0 Å². The molecular weight excluding hydrogens is 290 g/mol. The maximum Gasteiger partial charge on any atom is 0.335 e. The highest BCUT2D eigenvalue weighted by Crippen LogP contribution is 2.25. The van der Waals surface area contributed by atoms with Crippen LogP contribution in [0.5, 0.6) is 0 Å². The first-order chi connectivity index (χ1) is 9.97. The SMILES string of the molecule is CN(C)C(=O)c1ccc(Sc2ccc(C(=O)O)cc2)nn1. The standard InChI is InChI=1S/C14H13N3O3S/c1-17(2)13(18)11-7-8-12(16-15-11)21-10-5-3-9(4-6-10)14(19)20/h3-8H,1-2H3,(H,19,20). The Kier molecular flexibility index (Phi) is 4.54. The third kappa shape index (κ3) is 3.79. The lowest BCUT2D eigenvalue weighted by Crippen LogP contribution is -2.23. The number of amides is 1. The molecule has 2 rings (SSSR count). The molecule has 1 amide bonds. The molecule has 0 fully saturated rings. The summed E-state index contributed by atoms with van der Waals surface area (Å²) in [6.07, 6.45) is 0. The summed E-state index contributed by atoms with van der Waals surface area (Å²) in [7, 11) is 3.30. The fraction of sp³-hybridized carbons (Fsp3) is 0.143. The molecule has 21 heavy (non-hydrogen) atoms. The highest BCUT2D eigenvalue weighted by Gasteiger charge is 2.10. The molecule has 0 atom stereocenters. The van der Waals surface area contributed by atoms with Gasteiger partial charge in [-0.15, -0.1) is 10.2 Å². The average molecular weight is 303 g/mol. The fourth-order valence-corrected chi connectivity index (χ4v) is 2.24. The summed E-state index contributed by atoms with van der Waals surface area (Å²) in [4.78, 5) is 24.7. The summed E-state index contributed by atoms with van der Waals surface area (Å²) >= 11 is 1.35. The lowest BCUT2D eigenvalue weighted by Gasteiger charge is -2.08. The van der Waals surface area contributed by atoms with Crippen LogP contribution in [0, 0.1) is 0 Å². The van der Waals surface area contributed by atoms with Crippen molar-refractivity contribution in [1.82, 2.24) is 15.1 Å². The fourth-order valence-electron chi connectivity index (χ4n) is 1.50. The van der Waals surface area contributed by atoms with E-state index in [2.05, 4.69) is 10.2 Å². The number of carbonyl (C=O) groups is 2. The van der Waals surface area contributed by atoms with Crippen molar-refractivity contribution < 1.29 is 14.7 Å². The topological polar surface area (TPSA) is 83.4 Å². The number of hydrogen-bond donors (Lipinski definition) is 1. The molecule has 6 nitrogen and oxygen atoms in total. The molecule has 0 unspecified atom stereocenters. The van der Waals surface area contributed by atoms with E-state index in [4.69, 9.17) is 5.11 Å². The molecule has 2 aromatic rings. The van der Waals surface area contributed by atoms with Crippen LogP contribution in [0.25, 0.3) is 0 Å². The molecule has 1 aromatic heterocycles. The summed E-state index contributed by atoms with van der Waals surface area (Å²) in [6.45, 7) is 0. The average Bonchev–Trinajstić information content (AvgIpc) is 2.47. The van der Waals surface area contributed by atoms with Crippen molar-refractivity contribution in [2.75, 3.05) is 14.1 Å². The molecule has 108 valence electrons. The van der Waals surface area contributed by atoms with Gasteiger partial charge in [-0.05, 0) is 36.4 Å². The van der Waals surface area contributed by atoms with Gasteiger partial charge < -0.3 is 10.0 Å². The summed E-state index contributed by atoms with van der Waals surface area (Å²) in [5.74, 6) is -1.16. The molecule has 7 heteroatoms. The lowest BCUT2D eigenvalue weighted by molar-refractivity contribution is 0.0696. The predicted molar refractivity (Wildman–Crippen MR) is 77.6 cm³/mol. The van der Waals surface area contributed by atoms with Crippen LogP contribution in [0.4, 0.5) is 0 Å². The molecule has 0 saturated heterocycles. The Hall–Kier alpha value is -2.41. The molecule has 0 spiro atoms. The Balaban J connectivity index is 2.09. The van der Waals surface area contributed by atoms with E-state index in [1.165, 1.54) is 28.8 Å². The molecule has 0 saturated carbocycles. The van der Waals surface area contributed by atoms with Crippen molar-refractivity contribution in [3.8, 4) is 0 Å². The van der Waals surface area contributed by atoms with Gasteiger partial charge >= 0.3 is 5.97 Å². The summed E-state index contributed by atoms with van der Waals surface area (Å²) in [5, 5.41) is 17.3. The Labute approximate surface area is 125 Å². The van der Waals surface area contributed by atoms with Gasteiger partial charge in [0.15, 0.2) is 5.69 Å². The van der Waals surface area contributed by atoms with Gasteiger partial charge in [-0.2, -0.15) is 0 Å². The first kappa shape index (κ1) is 15.0. The number of hydrogen-bond acceptors (Lipinski definition) is 5. The Bertz CT molecular complexity index is 654. The van der Waals surface area contributed by atoms with Crippen LogP contribution in [0.15, 0.2) is 46.3 Å². The third-order valence-electron chi connectivity index (χ3n) is 2.59. The smallest absolute Gasteiger partial charge is 0.335 e. The van der Waals surface area contributed by atoms with E-state index in [0.29, 0.717) is 5.03 Å². The highest BCUT2D eigenvalue weighted by molar-refractivity contribution is 7.99. The van der Waals surface area contributed by atoms with E-state index in [0.717, 1.165) is 4.90 Å². The number of nitrogens with zero attached hydrogens (tertiary/aromatic N) is 3. The number of carbonyl (C=O) groups excluding carboxylic acids is 1. The van der Waals surface area contributed by atoms with Crippen LogP contribution in [0.1, 0.15) is 20.8 Å². The van der Waals surface area contributed by atoms with Gasteiger partial charge in [0, 0.05) is 19.0 Å². The predicted octanol–water partition coefficient (Wildman–Crippen LogP) is 2.03. The molecule has 0 aliphatic rings. The van der Waals surface area contributed by atoms with Gasteiger partial charge in [-0.3, -0.25) is 4.79 Å². The number of rotatable bonds is 4. The van der Waals surface area contributed by atoms with E-state index in [-0.39, 0.29) is 17.2 Å². The molecule has 0 radical (unpaired) electrons. The zero-order chi connectivity index (χ0) is 15.4. The largest absolute Gasteiger partial charge is 0.478 e. The molecule has 1 aromatic carbocycles. The third-order valence-corrected chi connectivity index (χ3v) is 3.52. The summed E-state index contributed by atoms with van der Waals surface area (Å²) < 4.78 is 0. The van der Waals surface area contributed by atoms with Crippen molar-refractivity contribution >= 4 is 23.6 Å². The second-order valence-corrected chi connectivity index (χ2v) is 5.48. The molecular formula is C14H13N3O3S. The van der Waals surface area contributed by atoms with Crippen LogP contribution in [-0.4, -0.2) is 46.2 Å². The first-order valence-electron chi connectivity index (χ1n) is 6.04. The Morgan fingerprint density at radius 3 is 2.19 bits per heavy atom. The van der Waals surface area contributed by atoms with E-state index in [9.17, 15) is 9.59 Å². The van der Waals surface area contributed by atoms with Gasteiger partial charge in [0.1, 0.15) is 5.03 Å². The first-order valence-corrected chi connectivity index (χ1v) is 6.85. The normalized spacial score (nSPS) is 10.2. The number of aromatic nitrogens is 2. The maximum atomic E-state index is 11.7. The van der Waals surface area contributed by atoms with Crippen molar-refractivity contribution in [2.45, 2.75) is 9.92 Å². The van der Waals surface area contributed by atoms with Crippen LogP contribution in [0.2, 0.25) is 0 Å². The lowest BCUT2D eigenvalue weighted by atomic mass is 10.2. The number of carboxylic acid groups (broad SMARTS) is 1.